The molecule has 0 aliphatic carbocycles. The van der Waals surface area contributed by atoms with Crippen LogP contribution in [0.3, 0.4) is 0 Å². The van der Waals surface area contributed by atoms with Crippen LogP contribution in [0.15, 0.2) is 24.3 Å². The molecule has 0 bridgehead atoms. The molecule has 0 saturated carbocycles. The molecule has 26 heavy (non-hydrogen) atoms. The number of esters is 1. The second-order valence-electron chi connectivity index (χ2n) is 7.61. The van der Waals surface area contributed by atoms with Crippen molar-refractivity contribution in [3.63, 3.8) is 0 Å². The number of rotatable bonds is 5. The van der Waals surface area contributed by atoms with E-state index in [-0.39, 0.29) is 17.8 Å². The molecule has 1 aromatic carbocycles. The van der Waals surface area contributed by atoms with Gasteiger partial charge in [0.05, 0.1) is 12.2 Å². The number of carbonyl (C=O) groups is 3. The Labute approximate surface area is 154 Å². The van der Waals surface area contributed by atoms with Crippen molar-refractivity contribution >= 4 is 23.5 Å². The molecule has 1 aliphatic rings. The fourth-order valence-electron chi connectivity index (χ4n) is 2.91. The van der Waals surface area contributed by atoms with Gasteiger partial charge in [0, 0.05) is 17.6 Å². The minimum Gasteiger partial charge on any atom is -0.462 e. The number of hydrogen-bond acceptors (Lipinski definition) is 4. The maximum absolute atomic E-state index is 12.6. The standard InChI is InChI=1S/C20H28N2O4/c1-5-13-26-18(24)14-8-10-15(11-9-14)21-17(23)16-7-6-12-22(16)19(25)20(2,3)4/h8-11,16H,5-7,12-13H2,1-4H3,(H,21,23). The van der Waals surface area contributed by atoms with Gasteiger partial charge in [-0.3, -0.25) is 9.59 Å². The fraction of sp³-hybridized carbons (Fsp3) is 0.550. The van der Waals surface area contributed by atoms with Crippen LogP contribution < -0.4 is 5.32 Å². The molecule has 1 fully saturated rings. The molecule has 0 spiro atoms. The Bertz CT molecular complexity index is 661. The largest absolute Gasteiger partial charge is 0.462 e. The molecule has 2 amide bonds. The number of likely N-dealkylation sites (tertiary alicyclic amines) is 1. The zero-order valence-electron chi connectivity index (χ0n) is 16.0. The third kappa shape index (κ3) is 4.84. The Kier molecular flexibility index (Phi) is 6.40. The van der Waals surface area contributed by atoms with Gasteiger partial charge in [-0.1, -0.05) is 27.7 Å². The number of carbonyl (C=O) groups excluding carboxylic acids is 3. The van der Waals surface area contributed by atoms with Gasteiger partial charge in [0.25, 0.3) is 0 Å². The van der Waals surface area contributed by atoms with Gasteiger partial charge in [0.1, 0.15) is 6.04 Å². The Hall–Kier alpha value is -2.37. The molecule has 1 aromatic rings. The van der Waals surface area contributed by atoms with E-state index in [1.165, 1.54) is 0 Å². The Morgan fingerprint density at radius 2 is 1.85 bits per heavy atom. The summed E-state index contributed by atoms with van der Waals surface area (Å²) in [4.78, 5) is 38.6. The lowest BCUT2D eigenvalue weighted by atomic mass is 9.94. The summed E-state index contributed by atoms with van der Waals surface area (Å²) >= 11 is 0. The smallest absolute Gasteiger partial charge is 0.338 e. The highest BCUT2D eigenvalue weighted by molar-refractivity contribution is 5.98. The summed E-state index contributed by atoms with van der Waals surface area (Å²) in [6, 6.07) is 6.15. The lowest BCUT2D eigenvalue weighted by Crippen LogP contribution is -2.47. The van der Waals surface area contributed by atoms with Gasteiger partial charge < -0.3 is 15.0 Å². The van der Waals surface area contributed by atoms with E-state index in [1.54, 1.807) is 29.2 Å². The first-order chi connectivity index (χ1) is 12.2. The number of amides is 2. The number of nitrogens with zero attached hydrogens (tertiary/aromatic N) is 1. The summed E-state index contributed by atoms with van der Waals surface area (Å²) in [6.07, 6.45) is 2.25. The number of anilines is 1. The van der Waals surface area contributed by atoms with Crippen LogP contribution in [0, 0.1) is 5.41 Å². The van der Waals surface area contributed by atoms with Crippen LogP contribution in [0.1, 0.15) is 57.3 Å². The maximum atomic E-state index is 12.6. The van der Waals surface area contributed by atoms with E-state index >= 15 is 0 Å². The zero-order chi connectivity index (χ0) is 19.3. The summed E-state index contributed by atoms with van der Waals surface area (Å²) in [5.74, 6) is -0.576. The molecule has 1 N–H and O–H groups in total. The predicted octanol–water partition coefficient (Wildman–Crippen LogP) is 3.23. The average molecular weight is 360 g/mol. The SMILES string of the molecule is CCCOC(=O)c1ccc(NC(=O)C2CCCN2C(=O)C(C)(C)C)cc1. The van der Waals surface area contributed by atoms with E-state index in [2.05, 4.69) is 5.32 Å². The Morgan fingerprint density at radius 1 is 1.19 bits per heavy atom. The normalized spacial score (nSPS) is 17.1. The fourth-order valence-corrected chi connectivity index (χ4v) is 2.91. The van der Waals surface area contributed by atoms with Crippen LogP contribution >= 0.6 is 0 Å². The summed E-state index contributed by atoms with van der Waals surface area (Å²) in [5, 5.41) is 2.84. The van der Waals surface area contributed by atoms with Crippen LogP contribution in [-0.4, -0.2) is 41.9 Å². The van der Waals surface area contributed by atoms with Gasteiger partial charge in [-0.15, -0.1) is 0 Å². The van der Waals surface area contributed by atoms with E-state index in [9.17, 15) is 14.4 Å². The monoisotopic (exact) mass is 360 g/mol. The summed E-state index contributed by atoms with van der Waals surface area (Å²) in [6.45, 7) is 8.51. The van der Waals surface area contributed by atoms with Crippen LogP contribution in [0.25, 0.3) is 0 Å². The molecular weight excluding hydrogens is 332 g/mol. The van der Waals surface area contributed by atoms with Crippen molar-refractivity contribution in [2.45, 2.75) is 53.0 Å². The second kappa shape index (κ2) is 8.34. The Morgan fingerprint density at radius 3 is 2.42 bits per heavy atom. The van der Waals surface area contributed by atoms with Crippen LogP contribution in [0.4, 0.5) is 5.69 Å². The minimum atomic E-state index is -0.511. The molecule has 1 unspecified atom stereocenters. The van der Waals surface area contributed by atoms with Crippen LogP contribution in [0.5, 0.6) is 0 Å². The summed E-state index contributed by atoms with van der Waals surface area (Å²) < 4.78 is 5.08. The van der Waals surface area contributed by atoms with Gasteiger partial charge in [0.15, 0.2) is 0 Å². The van der Waals surface area contributed by atoms with Crippen molar-refractivity contribution in [3.8, 4) is 0 Å². The molecule has 6 nitrogen and oxygen atoms in total. The van der Waals surface area contributed by atoms with E-state index in [1.807, 2.05) is 27.7 Å². The number of hydrogen-bond donors (Lipinski definition) is 1. The highest BCUT2D eigenvalue weighted by atomic mass is 16.5. The van der Waals surface area contributed by atoms with Crippen molar-refractivity contribution in [3.05, 3.63) is 29.8 Å². The topological polar surface area (TPSA) is 75.7 Å². The number of benzene rings is 1. The zero-order valence-corrected chi connectivity index (χ0v) is 16.0. The van der Waals surface area contributed by atoms with Crippen LogP contribution in [-0.2, 0) is 14.3 Å². The van der Waals surface area contributed by atoms with Gasteiger partial charge >= 0.3 is 5.97 Å². The quantitative estimate of drug-likeness (QED) is 0.818. The van der Waals surface area contributed by atoms with Crippen LogP contribution in [0.2, 0.25) is 0 Å². The molecule has 6 heteroatoms. The van der Waals surface area contributed by atoms with E-state index < -0.39 is 11.5 Å². The van der Waals surface area contributed by atoms with Gasteiger partial charge in [0.2, 0.25) is 11.8 Å². The number of nitrogens with one attached hydrogen (secondary N) is 1. The molecular formula is C20H28N2O4. The van der Waals surface area contributed by atoms with E-state index in [0.29, 0.717) is 30.8 Å². The summed E-state index contributed by atoms with van der Waals surface area (Å²) in [7, 11) is 0. The predicted molar refractivity (Wildman–Crippen MR) is 99.8 cm³/mol. The maximum Gasteiger partial charge on any atom is 0.338 e. The van der Waals surface area contributed by atoms with Crippen molar-refractivity contribution in [1.29, 1.82) is 0 Å². The average Bonchev–Trinajstić information content (AvgIpc) is 3.08. The molecule has 1 saturated heterocycles. The molecule has 1 aliphatic heterocycles. The molecule has 1 atom stereocenters. The van der Waals surface area contributed by atoms with E-state index in [4.69, 9.17) is 4.74 Å². The van der Waals surface area contributed by atoms with Gasteiger partial charge in [-0.05, 0) is 43.5 Å². The minimum absolute atomic E-state index is 0.0100. The second-order valence-corrected chi connectivity index (χ2v) is 7.61. The lowest BCUT2D eigenvalue weighted by Gasteiger charge is -2.30. The van der Waals surface area contributed by atoms with Crippen molar-refractivity contribution in [2.24, 2.45) is 5.41 Å². The third-order valence-electron chi connectivity index (χ3n) is 4.28. The Balaban J connectivity index is 2.00. The first kappa shape index (κ1) is 19.9. The molecule has 142 valence electrons. The third-order valence-corrected chi connectivity index (χ3v) is 4.28. The van der Waals surface area contributed by atoms with Crippen molar-refractivity contribution < 1.29 is 19.1 Å². The van der Waals surface area contributed by atoms with Gasteiger partial charge in [-0.2, -0.15) is 0 Å². The lowest BCUT2D eigenvalue weighted by molar-refractivity contribution is -0.143. The van der Waals surface area contributed by atoms with Crippen molar-refractivity contribution in [1.82, 2.24) is 4.90 Å². The van der Waals surface area contributed by atoms with E-state index in [0.717, 1.165) is 12.8 Å². The van der Waals surface area contributed by atoms with Gasteiger partial charge in [-0.25, -0.2) is 4.79 Å². The summed E-state index contributed by atoms with van der Waals surface area (Å²) in [5.41, 5.74) is 0.530. The molecule has 1 heterocycles. The highest BCUT2D eigenvalue weighted by Gasteiger charge is 2.38. The highest BCUT2D eigenvalue weighted by Crippen LogP contribution is 2.26. The first-order valence-electron chi connectivity index (χ1n) is 9.13. The first-order valence-corrected chi connectivity index (χ1v) is 9.13. The number of ether oxygens (including phenoxy) is 1. The molecule has 0 aromatic heterocycles. The molecule has 2 rings (SSSR count). The van der Waals surface area contributed by atoms with Crippen molar-refractivity contribution in [2.75, 3.05) is 18.5 Å². The molecule has 0 radical (unpaired) electrons.